The third-order valence-electron chi connectivity index (χ3n) is 2.78. The van der Waals surface area contributed by atoms with Gasteiger partial charge in [0.15, 0.2) is 5.82 Å². The fourth-order valence-electron chi connectivity index (χ4n) is 1.83. The minimum absolute atomic E-state index is 0.147. The Labute approximate surface area is 119 Å². The number of hydrogen-bond donors (Lipinski definition) is 2. The topological polar surface area (TPSA) is 105 Å². The first-order chi connectivity index (χ1) is 9.47. The molecule has 20 heavy (non-hydrogen) atoms. The number of aromatic nitrogens is 2. The Bertz CT molecular complexity index is 544. The molecule has 1 aromatic heterocycles. The fourth-order valence-corrected chi connectivity index (χ4v) is 3.05. The minimum atomic E-state index is -1.01. The first-order valence-corrected chi connectivity index (χ1v) is 7.04. The number of nitrogens with zero attached hydrogens (tertiary/aromatic N) is 3. The van der Waals surface area contributed by atoms with Gasteiger partial charge in [-0.05, 0) is 0 Å². The normalized spacial score (nSPS) is 18.1. The third kappa shape index (κ3) is 3.29. The highest BCUT2D eigenvalue weighted by Gasteiger charge is 2.33. The molecule has 0 radical (unpaired) electrons. The zero-order valence-corrected chi connectivity index (χ0v) is 11.6. The van der Waals surface area contributed by atoms with Crippen LogP contribution in [0.2, 0.25) is 0 Å². The van der Waals surface area contributed by atoms with Gasteiger partial charge in [-0.1, -0.05) is 0 Å². The molecule has 0 spiro atoms. The van der Waals surface area contributed by atoms with Crippen molar-refractivity contribution in [3.63, 3.8) is 0 Å². The molecular formula is C11H14N4O4S. The maximum absolute atomic E-state index is 12.1. The van der Waals surface area contributed by atoms with Gasteiger partial charge in [-0.25, -0.2) is 0 Å². The first-order valence-electron chi connectivity index (χ1n) is 5.88. The van der Waals surface area contributed by atoms with Gasteiger partial charge >= 0.3 is 5.97 Å². The molecule has 0 aliphatic carbocycles. The molecule has 1 aliphatic rings. The van der Waals surface area contributed by atoms with Crippen LogP contribution < -0.4 is 5.32 Å². The van der Waals surface area contributed by atoms with Crippen LogP contribution in [0.15, 0.2) is 12.3 Å². The van der Waals surface area contributed by atoms with Crippen molar-refractivity contribution in [3.05, 3.63) is 12.3 Å². The highest BCUT2D eigenvalue weighted by Crippen LogP contribution is 2.21. The predicted octanol–water partition coefficient (Wildman–Crippen LogP) is -0.172. The Balaban J connectivity index is 1.99. The van der Waals surface area contributed by atoms with Crippen LogP contribution in [-0.4, -0.2) is 55.2 Å². The van der Waals surface area contributed by atoms with Crippen molar-refractivity contribution >= 4 is 35.4 Å². The molecule has 2 rings (SSSR count). The summed E-state index contributed by atoms with van der Waals surface area (Å²) in [4.78, 5) is 35.5. The second-order valence-corrected chi connectivity index (χ2v) is 5.29. The Hall–Kier alpha value is -2.03. The Kier molecular flexibility index (Phi) is 4.28. The van der Waals surface area contributed by atoms with Crippen molar-refractivity contribution in [1.82, 2.24) is 14.7 Å². The van der Waals surface area contributed by atoms with Crippen LogP contribution in [0.1, 0.15) is 6.92 Å². The van der Waals surface area contributed by atoms with E-state index in [-0.39, 0.29) is 24.2 Å². The van der Waals surface area contributed by atoms with Gasteiger partial charge in [0.1, 0.15) is 12.6 Å². The molecule has 2 amide bonds. The number of rotatable bonds is 4. The molecule has 2 heterocycles. The van der Waals surface area contributed by atoms with Gasteiger partial charge in [0, 0.05) is 24.9 Å². The van der Waals surface area contributed by atoms with Crippen LogP contribution in [0.5, 0.6) is 0 Å². The van der Waals surface area contributed by atoms with Crippen molar-refractivity contribution < 1.29 is 19.5 Å². The molecule has 1 atom stereocenters. The maximum Gasteiger partial charge on any atom is 0.325 e. The monoisotopic (exact) mass is 298 g/mol. The molecule has 0 saturated carbocycles. The lowest BCUT2D eigenvalue weighted by molar-refractivity contribution is -0.138. The number of aliphatic carboxylic acids is 1. The van der Waals surface area contributed by atoms with Gasteiger partial charge in [0.25, 0.3) is 0 Å². The van der Waals surface area contributed by atoms with Crippen molar-refractivity contribution in [2.45, 2.75) is 19.5 Å². The van der Waals surface area contributed by atoms with Crippen LogP contribution in [-0.2, 0) is 20.9 Å². The van der Waals surface area contributed by atoms with Gasteiger partial charge in [-0.3, -0.25) is 19.1 Å². The maximum atomic E-state index is 12.1. The summed E-state index contributed by atoms with van der Waals surface area (Å²) >= 11 is 1.51. The minimum Gasteiger partial charge on any atom is -0.480 e. The summed E-state index contributed by atoms with van der Waals surface area (Å²) in [7, 11) is 0. The van der Waals surface area contributed by atoms with E-state index in [0.29, 0.717) is 11.6 Å². The molecule has 0 unspecified atom stereocenters. The number of thioether (sulfide) groups is 1. The van der Waals surface area contributed by atoms with Crippen LogP contribution in [0, 0.1) is 0 Å². The number of amides is 2. The Morgan fingerprint density at radius 1 is 1.55 bits per heavy atom. The van der Waals surface area contributed by atoms with E-state index in [1.165, 1.54) is 40.5 Å². The lowest BCUT2D eigenvalue weighted by atomic mass is 10.2. The molecule has 1 saturated heterocycles. The van der Waals surface area contributed by atoms with E-state index >= 15 is 0 Å². The van der Waals surface area contributed by atoms with Crippen molar-refractivity contribution in [2.75, 3.05) is 16.9 Å². The molecule has 1 fully saturated rings. The van der Waals surface area contributed by atoms with Crippen LogP contribution in [0.3, 0.4) is 0 Å². The van der Waals surface area contributed by atoms with Crippen molar-refractivity contribution in [2.24, 2.45) is 0 Å². The van der Waals surface area contributed by atoms with Crippen molar-refractivity contribution in [3.8, 4) is 0 Å². The number of nitrogens with one attached hydrogen (secondary N) is 1. The zero-order valence-electron chi connectivity index (χ0n) is 10.8. The van der Waals surface area contributed by atoms with Gasteiger partial charge < -0.3 is 15.3 Å². The zero-order chi connectivity index (χ0) is 14.7. The molecular weight excluding hydrogens is 284 g/mol. The largest absolute Gasteiger partial charge is 0.480 e. The molecule has 1 aliphatic heterocycles. The number of carboxylic acid groups (broad SMARTS) is 1. The lowest BCUT2D eigenvalue weighted by Gasteiger charge is -2.20. The number of anilines is 1. The smallest absolute Gasteiger partial charge is 0.325 e. The van der Waals surface area contributed by atoms with E-state index in [0.717, 1.165) is 0 Å². The molecule has 0 bridgehead atoms. The second-order valence-electron chi connectivity index (χ2n) is 4.29. The Morgan fingerprint density at radius 2 is 2.30 bits per heavy atom. The van der Waals surface area contributed by atoms with E-state index in [4.69, 9.17) is 5.11 Å². The number of carboxylic acids is 1. The average molecular weight is 298 g/mol. The summed E-state index contributed by atoms with van der Waals surface area (Å²) in [6.45, 7) is 1.16. The highest BCUT2D eigenvalue weighted by molar-refractivity contribution is 7.99. The van der Waals surface area contributed by atoms with Crippen LogP contribution >= 0.6 is 11.8 Å². The number of hydrogen-bond acceptors (Lipinski definition) is 5. The summed E-state index contributed by atoms with van der Waals surface area (Å²) in [5.41, 5.74) is 0. The summed E-state index contributed by atoms with van der Waals surface area (Å²) in [5, 5.41) is 15.1. The van der Waals surface area contributed by atoms with Gasteiger partial charge in [0.2, 0.25) is 11.8 Å². The molecule has 2 N–H and O–H groups in total. The standard InChI is InChI=1S/C11H14N4O4S/c1-7(16)15-6-20-5-8(15)11(19)12-9-2-3-14(13-9)4-10(17)18/h2-3,8H,4-6H2,1H3,(H,17,18)(H,12,13,19)/t8-/m1/s1. The third-order valence-corrected chi connectivity index (χ3v) is 3.79. The quantitative estimate of drug-likeness (QED) is 0.799. The van der Waals surface area contributed by atoms with E-state index in [1.807, 2.05) is 0 Å². The van der Waals surface area contributed by atoms with Gasteiger partial charge in [-0.15, -0.1) is 11.8 Å². The van der Waals surface area contributed by atoms with Crippen molar-refractivity contribution in [1.29, 1.82) is 0 Å². The molecule has 1 aromatic rings. The number of carbonyl (C=O) groups excluding carboxylic acids is 2. The predicted molar refractivity (Wildman–Crippen MR) is 72.1 cm³/mol. The summed E-state index contributed by atoms with van der Waals surface area (Å²) in [6.07, 6.45) is 1.47. The summed E-state index contributed by atoms with van der Waals surface area (Å²) < 4.78 is 1.21. The van der Waals surface area contributed by atoms with Gasteiger partial charge in [-0.2, -0.15) is 5.10 Å². The second kappa shape index (κ2) is 5.95. The van der Waals surface area contributed by atoms with E-state index in [1.54, 1.807) is 0 Å². The molecule has 9 heteroatoms. The first kappa shape index (κ1) is 14.4. The molecule has 0 aromatic carbocycles. The number of carbonyl (C=O) groups is 3. The van der Waals surface area contributed by atoms with Gasteiger partial charge in [0.05, 0.1) is 5.88 Å². The fraction of sp³-hybridized carbons (Fsp3) is 0.455. The van der Waals surface area contributed by atoms with E-state index in [9.17, 15) is 14.4 Å². The summed E-state index contributed by atoms with van der Waals surface area (Å²) in [5.74, 6) is -0.155. The average Bonchev–Trinajstić information content (AvgIpc) is 2.96. The molecule has 108 valence electrons. The highest BCUT2D eigenvalue weighted by atomic mass is 32.2. The Morgan fingerprint density at radius 3 is 2.95 bits per heavy atom. The van der Waals surface area contributed by atoms with Crippen LogP contribution in [0.4, 0.5) is 5.82 Å². The SMILES string of the molecule is CC(=O)N1CSC[C@@H]1C(=O)Nc1ccn(CC(=O)O)n1. The van der Waals surface area contributed by atoms with E-state index in [2.05, 4.69) is 10.4 Å². The lowest BCUT2D eigenvalue weighted by Crippen LogP contribution is -2.43. The summed E-state index contributed by atoms with van der Waals surface area (Å²) in [6, 6.07) is 1.00. The van der Waals surface area contributed by atoms with Crippen LogP contribution in [0.25, 0.3) is 0 Å². The van der Waals surface area contributed by atoms with E-state index < -0.39 is 12.0 Å². The molecule has 8 nitrogen and oxygen atoms in total.